The van der Waals surface area contributed by atoms with Crippen LogP contribution in [0.15, 0.2) is 30.7 Å². The van der Waals surface area contributed by atoms with Gasteiger partial charge in [-0.3, -0.25) is 14.2 Å². The second kappa shape index (κ2) is 8.82. The zero-order valence-corrected chi connectivity index (χ0v) is 15.1. The van der Waals surface area contributed by atoms with Gasteiger partial charge in [-0.25, -0.2) is 4.68 Å². The van der Waals surface area contributed by atoms with E-state index in [1.54, 1.807) is 22.0 Å². The summed E-state index contributed by atoms with van der Waals surface area (Å²) in [4.78, 5) is 18.6. The third-order valence-electron chi connectivity index (χ3n) is 3.81. The molecule has 1 atom stereocenters. The average Bonchev–Trinajstić information content (AvgIpc) is 3.00. The van der Waals surface area contributed by atoms with E-state index in [0.717, 1.165) is 17.1 Å². The van der Waals surface area contributed by atoms with Crippen molar-refractivity contribution in [3.63, 3.8) is 0 Å². The van der Waals surface area contributed by atoms with Gasteiger partial charge in [0.2, 0.25) is 5.91 Å². The number of alkyl halides is 1. The highest BCUT2D eigenvalue weighted by Crippen LogP contribution is 2.24. The molecule has 130 valence electrons. The standard InChI is InChI=1S/C17H23FN4OS/c1-13-16(12-22(20-13)15-7-6-9-19-11-15)21(10-5-4-8-18)17(23)14(2)24-3/h6-7,9,11-12,14H,4-5,8,10H2,1-3H3. The van der Waals surface area contributed by atoms with Crippen molar-refractivity contribution in [1.29, 1.82) is 0 Å². The summed E-state index contributed by atoms with van der Waals surface area (Å²) >= 11 is 1.50. The molecule has 5 nitrogen and oxygen atoms in total. The van der Waals surface area contributed by atoms with Crippen LogP contribution >= 0.6 is 11.8 Å². The monoisotopic (exact) mass is 350 g/mol. The largest absolute Gasteiger partial charge is 0.308 e. The molecule has 1 unspecified atom stereocenters. The molecule has 0 aromatic carbocycles. The lowest BCUT2D eigenvalue weighted by atomic mass is 10.2. The Morgan fingerprint density at radius 2 is 2.25 bits per heavy atom. The van der Waals surface area contributed by atoms with Gasteiger partial charge in [-0.15, -0.1) is 0 Å². The summed E-state index contributed by atoms with van der Waals surface area (Å²) in [5, 5.41) is 4.34. The summed E-state index contributed by atoms with van der Waals surface area (Å²) in [7, 11) is 0. The molecule has 0 fully saturated rings. The molecule has 0 N–H and O–H groups in total. The number of carbonyl (C=O) groups is 1. The zero-order chi connectivity index (χ0) is 17.5. The maximum atomic E-state index is 12.7. The molecule has 2 aromatic heterocycles. The summed E-state index contributed by atoms with van der Waals surface area (Å²) in [6.45, 7) is 3.89. The Bertz CT molecular complexity index is 662. The number of hydrogen-bond acceptors (Lipinski definition) is 4. The van der Waals surface area contributed by atoms with Crippen LogP contribution in [-0.4, -0.2) is 45.4 Å². The number of halogens is 1. The van der Waals surface area contributed by atoms with E-state index in [4.69, 9.17) is 0 Å². The number of amides is 1. The summed E-state index contributed by atoms with van der Waals surface area (Å²) in [5.74, 6) is 0.0233. The Labute approximate surface area is 146 Å². The van der Waals surface area contributed by atoms with Gasteiger partial charge in [0.05, 0.1) is 41.4 Å². The first-order chi connectivity index (χ1) is 11.6. The molecule has 0 aliphatic carbocycles. The van der Waals surface area contributed by atoms with Crippen molar-refractivity contribution in [3.8, 4) is 5.69 Å². The van der Waals surface area contributed by atoms with E-state index in [-0.39, 0.29) is 17.8 Å². The lowest BCUT2D eigenvalue weighted by molar-refractivity contribution is -0.117. The summed E-state index contributed by atoms with van der Waals surface area (Å²) in [6, 6.07) is 3.75. The molecule has 0 spiro atoms. The first-order valence-corrected chi connectivity index (χ1v) is 9.24. The Kier molecular flexibility index (Phi) is 6.78. The molecule has 1 amide bonds. The third-order valence-corrected chi connectivity index (χ3v) is 4.72. The Hall–Kier alpha value is -1.89. The van der Waals surface area contributed by atoms with Gasteiger partial charge in [0.1, 0.15) is 0 Å². The minimum absolute atomic E-state index is 0.0233. The smallest absolute Gasteiger partial charge is 0.239 e. The second-order valence-corrected chi connectivity index (χ2v) is 6.70. The van der Waals surface area contributed by atoms with Crippen LogP contribution in [0.25, 0.3) is 5.69 Å². The lowest BCUT2D eigenvalue weighted by Gasteiger charge is -2.24. The molecule has 0 saturated heterocycles. The van der Waals surface area contributed by atoms with Gasteiger partial charge in [0.25, 0.3) is 0 Å². The Balaban J connectivity index is 2.31. The van der Waals surface area contributed by atoms with E-state index < -0.39 is 0 Å². The van der Waals surface area contributed by atoms with Gasteiger partial charge in [0, 0.05) is 12.7 Å². The van der Waals surface area contributed by atoms with Crippen molar-refractivity contribution in [3.05, 3.63) is 36.4 Å². The number of aryl methyl sites for hydroxylation is 1. The summed E-state index contributed by atoms with van der Waals surface area (Å²) < 4.78 is 14.2. The number of unbranched alkanes of at least 4 members (excludes halogenated alkanes) is 1. The molecular weight excluding hydrogens is 327 g/mol. The normalized spacial score (nSPS) is 12.2. The third kappa shape index (κ3) is 4.35. The maximum absolute atomic E-state index is 12.7. The van der Waals surface area contributed by atoms with Crippen molar-refractivity contribution in [1.82, 2.24) is 14.8 Å². The quantitative estimate of drug-likeness (QED) is 0.685. The van der Waals surface area contributed by atoms with Crippen LogP contribution in [0.1, 0.15) is 25.5 Å². The highest BCUT2D eigenvalue weighted by atomic mass is 32.2. The predicted molar refractivity (Wildman–Crippen MR) is 96.6 cm³/mol. The number of nitrogens with zero attached hydrogens (tertiary/aromatic N) is 4. The van der Waals surface area contributed by atoms with Crippen LogP contribution in [0.3, 0.4) is 0 Å². The van der Waals surface area contributed by atoms with Crippen molar-refractivity contribution in [2.24, 2.45) is 0 Å². The second-order valence-electron chi connectivity index (χ2n) is 5.52. The number of hydrogen-bond donors (Lipinski definition) is 0. The minimum Gasteiger partial charge on any atom is -0.308 e. The first-order valence-electron chi connectivity index (χ1n) is 7.95. The van der Waals surface area contributed by atoms with Crippen LogP contribution < -0.4 is 4.90 Å². The summed E-state index contributed by atoms with van der Waals surface area (Å²) in [5.41, 5.74) is 2.37. The molecule has 0 aliphatic rings. The fraction of sp³-hybridized carbons (Fsp3) is 0.471. The van der Waals surface area contributed by atoms with Gasteiger partial charge in [-0.1, -0.05) is 0 Å². The van der Waals surface area contributed by atoms with Gasteiger partial charge in [0.15, 0.2) is 0 Å². The highest BCUT2D eigenvalue weighted by molar-refractivity contribution is 7.99. The lowest BCUT2D eigenvalue weighted by Crippen LogP contribution is -2.37. The van der Waals surface area contributed by atoms with Crippen molar-refractivity contribution in [2.45, 2.75) is 31.9 Å². The molecular formula is C17H23FN4OS. The van der Waals surface area contributed by atoms with Crippen LogP contribution in [-0.2, 0) is 4.79 Å². The van der Waals surface area contributed by atoms with Crippen LogP contribution in [0.5, 0.6) is 0 Å². The van der Waals surface area contributed by atoms with Crippen LogP contribution in [0.4, 0.5) is 10.1 Å². The number of pyridine rings is 1. The molecule has 7 heteroatoms. The number of thioether (sulfide) groups is 1. The van der Waals surface area contributed by atoms with Crippen molar-refractivity contribution < 1.29 is 9.18 Å². The molecule has 0 aliphatic heterocycles. The first kappa shape index (κ1) is 18.4. The Morgan fingerprint density at radius 1 is 1.46 bits per heavy atom. The van der Waals surface area contributed by atoms with Crippen molar-refractivity contribution in [2.75, 3.05) is 24.4 Å². The Morgan fingerprint density at radius 3 is 2.88 bits per heavy atom. The van der Waals surface area contributed by atoms with E-state index in [2.05, 4.69) is 10.1 Å². The van der Waals surface area contributed by atoms with Gasteiger partial charge < -0.3 is 4.90 Å². The molecule has 2 heterocycles. The topological polar surface area (TPSA) is 51.0 Å². The maximum Gasteiger partial charge on any atom is 0.239 e. The SMILES string of the molecule is CSC(C)C(=O)N(CCCCF)c1cn(-c2cccnc2)nc1C. The minimum atomic E-state index is -0.367. The molecule has 0 radical (unpaired) electrons. The van der Waals surface area contributed by atoms with Gasteiger partial charge in [-0.05, 0) is 45.1 Å². The number of aromatic nitrogens is 3. The molecule has 2 aromatic rings. The van der Waals surface area contributed by atoms with Crippen LogP contribution in [0, 0.1) is 6.92 Å². The number of carbonyl (C=O) groups excluding carboxylic acids is 1. The fourth-order valence-electron chi connectivity index (χ4n) is 2.37. The number of anilines is 1. The fourth-order valence-corrected chi connectivity index (χ4v) is 2.70. The van der Waals surface area contributed by atoms with E-state index >= 15 is 0 Å². The van der Waals surface area contributed by atoms with Gasteiger partial charge >= 0.3 is 0 Å². The van der Waals surface area contributed by atoms with E-state index in [9.17, 15) is 9.18 Å². The zero-order valence-electron chi connectivity index (χ0n) is 14.3. The van der Waals surface area contributed by atoms with E-state index in [0.29, 0.717) is 19.4 Å². The van der Waals surface area contributed by atoms with Crippen molar-refractivity contribution >= 4 is 23.4 Å². The molecule has 0 saturated carbocycles. The summed E-state index contributed by atoms with van der Waals surface area (Å²) in [6.07, 6.45) is 8.25. The van der Waals surface area contributed by atoms with Gasteiger partial charge in [-0.2, -0.15) is 16.9 Å². The van der Waals surface area contributed by atoms with Crippen LogP contribution in [0.2, 0.25) is 0 Å². The van der Waals surface area contributed by atoms with E-state index in [1.807, 2.05) is 38.4 Å². The molecule has 24 heavy (non-hydrogen) atoms. The molecule has 0 bridgehead atoms. The average molecular weight is 350 g/mol. The highest BCUT2D eigenvalue weighted by Gasteiger charge is 2.24. The molecule has 2 rings (SSSR count). The van der Waals surface area contributed by atoms with E-state index in [1.165, 1.54) is 11.8 Å². The number of rotatable bonds is 8. The predicted octanol–water partition coefficient (Wildman–Crippen LogP) is 3.41.